The Morgan fingerprint density at radius 2 is 1.80 bits per heavy atom. The van der Waals surface area contributed by atoms with Crippen molar-refractivity contribution in [2.24, 2.45) is 17.8 Å². The van der Waals surface area contributed by atoms with Crippen LogP contribution in [0.15, 0.2) is 0 Å². The van der Waals surface area contributed by atoms with Crippen molar-refractivity contribution in [3.05, 3.63) is 0 Å². The van der Waals surface area contributed by atoms with Crippen molar-refractivity contribution in [1.29, 1.82) is 5.26 Å². The Morgan fingerprint density at radius 3 is 2.25 bits per heavy atom. The van der Waals surface area contributed by atoms with Crippen molar-refractivity contribution in [2.45, 2.75) is 56.5 Å². The highest BCUT2D eigenvalue weighted by molar-refractivity contribution is 5.79. The zero-order valence-corrected chi connectivity index (χ0v) is 12.0. The predicted molar refractivity (Wildman–Crippen MR) is 74.6 cm³/mol. The molecule has 0 spiro atoms. The highest BCUT2D eigenvalue weighted by Gasteiger charge is 2.50. The maximum atomic E-state index is 12.2. The highest BCUT2D eigenvalue weighted by Crippen LogP contribution is 2.55. The topological polar surface area (TPSA) is 56.1 Å². The quantitative estimate of drug-likeness (QED) is 0.851. The number of carbonyl (C=O) groups excluding carboxylic acids is 1. The van der Waals surface area contributed by atoms with Crippen LogP contribution in [0.1, 0.15) is 44.9 Å². The number of hydrogen-bond donors (Lipinski definition) is 1. The van der Waals surface area contributed by atoms with Gasteiger partial charge in [0.15, 0.2) is 0 Å². The molecule has 1 aliphatic heterocycles. The van der Waals surface area contributed by atoms with Crippen molar-refractivity contribution >= 4 is 5.91 Å². The third kappa shape index (κ3) is 1.95. The molecule has 0 aromatic heterocycles. The Balaban J connectivity index is 1.38. The summed E-state index contributed by atoms with van der Waals surface area (Å²) >= 11 is 0. The Bertz CT molecular complexity index is 432. The second kappa shape index (κ2) is 4.46. The van der Waals surface area contributed by atoms with Gasteiger partial charge in [0.2, 0.25) is 5.91 Å². The van der Waals surface area contributed by atoms with Crippen molar-refractivity contribution in [1.82, 2.24) is 10.2 Å². The Morgan fingerprint density at radius 1 is 1.20 bits per heavy atom. The molecule has 0 aromatic rings. The van der Waals surface area contributed by atoms with Crippen LogP contribution in [0, 0.1) is 29.1 Å². The maximum Gasteiger partial charge on any atom is 0.237 e. The van der Waals surface area contributed by atoms with E-state index < -0.39 is 0 Å². The third-order valence-electron chi connectivity index (χ3n) is 6.14. The third-order valence-corrected chi connectivity index (χ3v) is 6.14. The van der Waals surface area contributed by atoms with E-state index in [-0.39, 0.29) is 17.5 Å². The first kappa shape index (κ1) is 12.6. The first-order valence-corrected chi connectivity index (χ1v) is 8.11. The summed E-state index contributed by atoms with van der Waals surface area (Å²) in [5, 5.41) is 12.6. The molecule has 1 atom stereocenters. The number of amides is 1. The van der Waals surface area contributed by atoms with Crippen molar-refractivity contribution in [3.8, 4) is 6.07 Å². The lowest BCUT2D eigenvalue weighted by molar-refractivity contribution is -0.137. The number of carbonyl (C=O) groups is 1. The van der Waals surface area contributed by atoms with E-state index in [1.165, 1.54) is 38.5 Å². The largest absolute Gasteiger partial charge is 0.325 e. The minimum Gasteiger partial charge on any atom is -0.325 e. The van der Waals surface area contributed by atoms with Gasteiger partial charge in [0.05, 0.1) is 12.6 Å². The predicted octanol–water partition coefficient (Wildman–Crippen LogP) is 1.67. The highest BCUT2D eigenvalue weighted by atomic mass is 16.2. The van der Waals surface area contributed by atoms with Gasteiger partial charge in [-0.2, -0.15) is 5.26 Å². The lowest BCUT2D eigenvalue weighted by Gasteiger charge is -2.57. The van der Waals surface area contributed by atoms with Gasteiger partial charge in [-0.05, 0) is 62.7 Å². The average Bonchev–Trinajstić information content (AvgIpc) is 2.34. The summed E-state index contributed by atoms with van der Waals surface area (Å²) < 4.78 is 0. The van der Waals surface area contributed by atoms with Crippen molar-refractivity contribution < 1.29 is 4.79 Å². The van der Waals surface area contributed by atoms with Gasteiger partial charge in [-0.25, -0.2) is 0 Å². The SMILES string of the molecule is N#CC1CCN1C(=O)CNC12CC3CC(CC(C3)C1)C2. The molecule has 1 amide bonds. The smallest absolute Gasteiger partial charge is 0.237 e. The number of nitriles is 1. The molecule has 20 heavy (non-hydrogen) atoms. The molecule has 4 heteroatoms. The van der Waals surface area contributed by atoms with Crippen LogP contribution in [-0.4, -0.2) is 35.5 Å². The molecule has 0 aromatic carbocycles. The van der Waals surface area contributed by atoms with Crippen molar-refractivity contribution in [2.75, 3.05) is 13.1 Å². The van der Waals surface area contributed by atoms with E-state index in [0.29, 0.717) is 6.54 Å². The molecule has 108 valence electrons. The van der Waals surface area contributed by atoms with E-state index >= 15 is 0 Å². The van der Waals surface area contributed by atoms with E-state index in [4.69, 9.17) is 5.26 Å². The first-order chi connectivity index (χ1) is 9.67. The number of likely N-dealkylation sites (tertiary alicyclic amines) is 1. The second-order valence-corrected chi connectivity index (χ2v) is 7.57. The summed E-state index contributed by atoms with van der Waals surface area (Å²) in [5.74, 6) is 2.83. The molecule has 4 nitrogen and oxygen atoms in total. The molecule has 5 rings (SSSR count). The molecule has 5 aliphatic rings. The van der Waals surface area contributed by atoms with Gasteiger partial charge in [0.1, 0.15) is 6.04 Å². The summed E-state index contributed by atoms with van der Waals surface area (Å²) in [6.07, 6.45) is 8.95. The fourth-order valence-corrected chi connectivity index (χ4v) is 5.51. The average molecular weight is 273 g/mol. The minimum atomic E-state index is -0.166. The maximum absolute atomic E-state index is 12.2. The van der Waals surface area contributed by atoms with Crippen LogP contribution in [0.3, 0.4) is 0 Å². The second-order valence-electron chi connectivity index (χ2n) is 7.57. The van der Waals surface area contributed by atoms with Crippen LogP contribution in [0.5, 0.6) is 0 Å². The van der Waals surface area contributed by atoms with Gasteiger partial charge in [-0.1, -0.05) is 0 Å². The van der Waals surface area contributed by atoms with Gasteiger partial charge in [0.25, 0.3) is 0 Å². The molecule has 1 saturated heterocycles. The zero-order chi connectivity index (χ0) is 13.7. The molecule has 1 heterocycles. The van der Waals surface area contributed by atoms with E-state index in [9.17, 15) is 4.79 Å². The van der Waals surface area contributed by atoms with Crippen LogP contribution in [0.2, 0.25) is 0 Å². The zero-order valence-electron chi connectivity index (χ0n) is 12.0. The van der Waals surface area contributed by atoms with Gasteiger partial charge in [-0.15, -0.1) is 0 Å². The lowest BCUT2D eigenvalue weighted by Crippen LogP contribution is -2.61. The fourth-order valence-electron chi connectivity index (χ4n) is 5.51. The van der Waals surface area contributed by atoms with Gasteiger partial charge >= 0.3 is 0 Å². The van der Waals surface area contributed by atoms with Gasteiger partial charge < -0.3 is 10.2 Å². The standard InChI is InChI=1S/C16H23N3O/c17-9-14-1-2-19(14)15(20)10-18-16-6-11-3-12(7-16)5-13(4-11)8-16/h11-14,18H,1-8,10H2. The normalized spacial score (nSPS) is 45.0. The fraction of sp³-hybridized carbons (Fsp3) is 0.875. The summed E-state index contributed by atoms with van der Waals surface area (Å²) in [5.41, 5.74) is 0.247. The monoisotopic (exact) mass is 273 g/mol. The number of nitrogens with zero attached hydrogens (tertiary/aromatic N) is 2. The van der Waals surface area contributed by atoms with Crippen LogP contribution in [0.4, 0.5) is 0 Å². The summed E-state index contributed by atoms with van der Waals surface area (Å²) in [6, 6.07) is 2.04. The Kier molecular flexibility index (Phi) is 2.82. The molecular weight excluding hydrogens is 250 g/mol. The molecule has 4 bridgehead atoms. The van der Waals surface area contributed by atoms with Crippen LogP contribution in [-0.2, 0) is 4.79 Å². The number of rotatable bonds is 3. The summed E-state index contributed by atoms with van der Waals surface area (Å²) in [6.45, 7) is 1.20. The molecule has 5 fully saturated rings. The van der Waals surface area contributed by atoms with Crippen molar-refractivity contribution in [3.63, 3.8) is 0 Å². The van der Waals surface area contributed by atoms with Crippen LogP contribution < -0.4 is 5.32 Å². The van der Waals surface area contributed by atoms with Gasteiger partial charge in [-0.3, -0.25) is 4.79 Å². The Hall–Kier alpha value is -1.08. The summed E-state index contributed by atoms with van der Waals surface area (Å²) in [4.78, 5) is 13.9. The molecule has 1 N–H and O–H groups in total. The molecule has 4 aliphatic carbocycles. The van der Waals surface area contributed by atoms with Gasteiger partial charge in [0, 0.05) is 12.1 Å². The van der Waals surface area contributed by atoms with Crippen LogP contribution in [0.25, 0.3) is 0 Å². The number of hydrogen-bond acceptors (Lipinski definition) is 3. The summed E-state index contributed by atoms with van der Waals surface area (Å²) in [7, 11) is 0. The van der Waals surface area contributed by atoms with Crippen LogP contribution >= 0.6 is 0 Å². The molecule has 1 unspecified atom stereocenters. The van der Waals surface area contributed by atoms with E-state index in [1.54, 1.807) is 4.90 Å². The molecule has 0 radical (unpaired) electrons. The lowest BCUT2D eigenvalue weighted by atomic mass is 9.53. The first-order valence-electron chi connectivity index (χ1n) is 8.11. The molecule has 4 saturated carbocycles. The van der Waals surface area contributed by atoms with E-state index in [1.807, 2.05) is 0 Å². The van der Waals surface area contributed by atoms with E-state index in [2.05, 4.69) is 11.4 Å². The number of nitrogens with one attached hydrogen (secondary N) is 1. The minimum absolute atomic E-state index is 0.124. The molecular formula is C16H23N3O. The Labute approximate surface area is 120 Å². The van der Waals surface area contributed by atoms with E-state index in [0.717, 1.165) is 30.7 Å².